The van der Waals surface area contributed by atoms with Gasteiger partial charge >= 0.3 is 0 Å². The molecule has 0 radical (unpaired) electrons. The molecule has 3 N–H and O–H groups in total. The van der Waals surface area contributed by atoms with Crippen LogP contribution in [0.1, 0.15) is 57.8 Å². The van der Waals surface area contributed by atoms with Gasteiger partial charge < -0.3 is 15.8 Å². The highest BCUT2D eigenvalue weighted by atomic mass is 35.5. The average Bonchev–Trinajstić information content (AvgIpc) is 2.96. The van der Waals surface area contributed by atoms with Crippen LogP contribution >= 0.6 is 12.4 Å². The van der Waals surface area contributed by atoms with Crippen LogP contribution in [0.4, 0.5) is 0 Å². The third-order valence-corrected chi connectivity index (χ3v) is 5.84. The maximum absolute atomic E-state index is 12.3. The summed E-state index contributed by atoms with van der Waals surface area (Å²) in [6.45, 7) is 1.28. The zero-order chi connectivity index (χ0) is 14.7. The number of ether oxygens (including phenoxy) is 1. The lowest BCUT2D eigenvalue weighted by Crippen LogP contribution is -2.46. The van der Waals surface area contributed by atoms with Gasteiger partial charge in [0.1, 0.15) is 0 Å². The van der Waals surface area contributed by atoms with Gasteiger partial charge in [-0.15, -0.1) is 12.4 Å². The molecule has 0 aromatic heterocycles. The summed E-state index contributed by atoms with van der Waals surface area (Å²) in [6, 6.07) is 0.0894. The van der Waals surface area contributed by atoms with Crippen molar-refractivity contribution >= 4 is 18.3 Å². The van der Waals surface area contributed by atoms with Crippen LogP contribution < -0.4 is 11.1 Å². The second kappa shape index (κ2) is 8.51. The first kappa shape index (κ1) is 18.0. The first-order valence-electron chi connectivity index (χ1n) is 8.90. The third-order valence-electron chi connectivity index (χ3n) is 5.84. The Kier molecular flexibility index (Phi) is 6.97. The van der Waals surface area contributed by atoms with Crippen molar-refractivity contribution in [1.82, 2.24) is 5.32 Å². The van der Waals surface area contributed by atoms with E-state index in [1.165, 1.54) is 51.4 Å². The van der Waals surface area contributed by atoms with E-state index in [-0.39, 0.29) is 30.3 Å². The molecule has 4 atom stereocenters. The zero-order valence-corrected chi connectivity index (χ0v) is 14.3. The second-order valence-electron chi connectivity index (χ2n) is 7.21. The van der Waals surface area contributed by atoms with Gasteiger partial charge in [-0.05, 0) is 43.9 Å². The molecule has 5 heteroatoms. The molecule has 3 saturated carbocycles. The fourth-order valence-corrected chi connectivity index (χ4v) is 4.65. The van der Waals surface area contributed by atoms with E-state index in [0.29, 0.717) is 31.1 Å². The number of carbonyl (C=O) groups is 1. The van der Waals surface area contributed by atoms with Crippen LogP contribution in [0.15, 0.2) is 0 Å². The number of hydrogen-bond acceptors (Lipinski definition) is 3. The van der Waals surface area contributed by atoms with E-state index in [4.69, 9.17) is 10.5 Å². The Morgan fingerprint density at radius 2 is 1.73 bits per heavy atom. The van der Waals surface area contributed by atoms with Crippen molar-refractivity contribution in [3.63, 3.8) is 0 Å². The van der Waals surface area contributed by atoms with Crippen LogP contribution in [-0.2, 0) is 9.53 Å². The van der Waals surface area contributed by atoms with Gasteiger partial charge in [-0.1, -0.05) is 25.7 Å². The van der Waals surface area contributed by atoms with Crippen LogP contribution in [0.3, 0.4) is 0 Å². The smallest absolute Gasteiger partial charge is 0.225 e. The molecule has 2 bridgehead atoms. The first-order valence-corrected chi connectivity index (χ1v) is 8.90. The van der Waals surface area contributed by atoms with Crippen molar-refractivity contribution in [3.05, 3.63) is 0 Å². The topological polar surface area (TPSA) is 64.4 Å². The molecule has 4 nitrogen and oxygen atoms in total. The fourth-order valence-electron chi connectivity index (χ4n) is 4.65. The summed E-state index contributed by atoms with van der Waals surface area (Å²) in [5.41, 5.74) is 6.21. The van der Waals surface area contributed by atoms with Gasteiger partial charge in [-0.3, -0.25) is 4.79 Å². The summed E-state index contributed by atoms with van der Waals surface area (Å²) in [4.78, 5) is 12.3. The molecule has 4 unspecified atom stereocenters. The third kappa shape index (κ3) is 4.15. The Hall–Kier alpha value is -0.320. The minimum absolute atomic E-state index is 0. The summed E-state index contributed by atoms with van der Waals surface area (Å²) in [5, 5.41) is 3.05. The molecule has 3 rings (SSSR count). The predicted octanol–water partition coefficient (Wildman–Crippen LogP) is 2.64. The lowest BCUT2D eigenvalue weighted by molar-refractivity contribution is -0.127. The molecule has 128 valence electrons. The highest BCUT2D eigenvalue weighted by molar-refractivity contribution is 5.85. The summed E-state index contributed by atoms with van der Waals surface area (Å²) in [6.07, 6.45) is 11.6. The highest BCUT2D eigenvalue weighted by Crippen LogP contribution is 2.47. The summed E-state index contributed by atoms with van der Waals surface area (Å²) in [5.74, 6) is 1.35. The second-order valence-corrected chi connectivity index (χ2v) is 7.21. The van der Waals surface area contributed by atoms with Crippen LogP contribution in [-0.4, -0.2) is 31.2 Å². The van der Waals surface area contributed by atoms with Crippen molar-refractivity contribution < 1.29 is 9.53 Å². The predicted molar refractivity (Wildman–Crippen MR) is 90.0 cm³/mol. The molecule has 0 aromatic carbocycles. The van der Waals surface area contributed by atoms with E-state index in [1.54, 1.807) is 0 Å². The molecular formula is C17H31ClN2O2. The van der Waals surface area contributed by atoms with Crippen LogP contribution in [0.25, 0.3) is 0 Å². The Morgan fingerprint density at radius 3 is 2.36 bits per heavy atom. The number of rotatable bonds is 5. The van der Waals surface area contributed by atoms with Crippen molar-refractivity contribution in [1.29, 1.82) is 0 Å². The zero-order valence-electron chi connectivity index (χ0n) is 13.5. The van der Waals surface area contributed by atoms with E-state index >= 15 is 0 Å². The molecule has 0 spiro atoms. The van der Waals surface area contributed by atoms with Gasteiger partial charge in [0.25, 0.3) is 0 Å². The number of amides is 1. The summed E-state index contributed by atoms with van der Waals surface area (Å²) in [7, 11) is 0. The van der Waals surface area contributed by atoms with Crippen LogP contribution in [0, 0.1) is 17.8 Å². The molecule has 3 aliphatic rings. The van der Waals surface area contributed by atoms with Crippen LogP contribution in [0.5, 0.6) is 0 Å². The lowest BCUT2D eigenvalue weighted by Gasteiger charge is -2.27. The van der Waals surface area contributed by atoms with E-state index in [9.17, 15) is 4.79 Å². The van der Waals surface area contributed by atoms with Gasteiger partial charge in [0.05, 0.1) is 18.6 Å². The molecule has 0 heterocycles. The Balaban J connectivity index is 0.00000176. The standard InChI is InChI=1S/C17H30N2O2.ClH/c18-16-13-8-7-12(11-13)15(16)17(20)19-9-10-21-14-5-3-1-2-4-6-14;/h12-16H,1-11,18H2,(H,19,20);1H. The van der Waals surface area contributed by atoms with Crippen LogP contribution in [0.2, 0.25) is 0 Å². The summed E-state index contributed by atoms with van der Waals surface area (Å²) >= 11 is 0. The normalized spacial score (nSPS) is 35.0. The Bertz CT molecular complexity index is 357. The average molecular weight is 331 g/mol. The van der Waals surface area contributed by atoms with Gasteiger partial charge in [0.15, 0.2) is 0 Å². The maximum atomic E-state index is 12.3. The number of nitrogens with two attached hydrogens (primary N) is 1. The maximum Gasteiger partial charge on any atom is 0.225 e. The molecular weight excluding hydrogens is 300 g/mol. The van der Waals surface area contributed by atoms with Crippen molar-refractivity contribution in [2.45, 2.75) is 69.9 Å². The van der Waals surface area contributed by atoms with Crippen molar-refractivity contribution in [2.75, 3.05) is 13.2 Å². The number of halogens is 1. The molecule has 3 fully saturated rings. The largest absolute Gasteiger partial charge is 0.376 e. The van der Waals surface area contributed by atoms with Gasteiger partial charge in [0, 0.05) is 12.6 Å². The Morgan fingerprint density at radius 1 is 1.05 bits per heavy atom. The van der Waals surface area contributed by atoms with Gasteiger partial charge in [-0.25, -0.2) is 0 Å². The molecule has 22 heavy (non-hydrogen) atoms. The fraction of sp³-hybridized carbons (Fsp3) is 0.941. The van der Waals surface area contributed by atoms with E-state index in [2.05, 4.69) is 5.32 Å². The molecule has 0 saturated heterocycles. The molecule has 1 amide bonds. The van der Waals surface area contributed by atoms with Crippen molar-refractivity contribution in [3.8, 4) is 0 Å². The molecule has 3 aliphatic carbocycles. The van der Waals surface area contributed by atoms with E-state index < -0.39 is 0 Å². The monoisotopic (exact) mass is 330 g/mol. The van der Waals surface area contributed by atoms with Gasteiger partial charge in [-0.2, -0.15) is 0 Å². The summed E-state index contributed by atoms with van der Waals surface area (Å²) < 4.78 is 5.92. The SMILES string of the molecule is Cl.NC1C2CCC(C2)C1C(=O)NCCOC1CCCCCC1. The lowest BCUT2D eigenvalue weighted by atomic mass is 9.84. The highest BCUT2D eigenvalue weighted by Gasteiger charge is 2.48. The number of carbonyl (C=O) groups excluding carboxylic acids is 1. The number of nitrogens with one attached hydrogen (secondary N) is 1. The number of hydrogen-bond donors (Lipinski definition) is 2. The number of fused-ring (bicyclic) bond motifs is 2. The minimum Gasteiger partial charge on any atom is -0.376 e. The van der Waals surface area contributed by atoms with Gasteiger partial charge in [0.2, 0.25) is 5.91 Å². The minimum atomic E-state index is 0. The van der Waals surface area contributed by atoms with E-state index in [0.717, 1.165) is 6.42 Å². The quantitative estimate of drug-likeness (QED) is 0.601. The Labute approximate surface area is 140 Å². The molecule has 0 aliphatic heterocycles. The molecule has 0 aromatic rings. The van der Waals surface area contributed by atoms with E-state index in [1.807, 2.05) is 0 Å². The van der Waals surface area contributed by atoms with Crippen molar-refractivity contribution in [2.24, 2.45) is 23.5 Å². The first-order chi connectivity index (χ1) is 10.3.